The van der Waals surface area contributed by atoms with Gasteiger partial charge in [-0.25, -0.2) is 4.79 Å². The van der Waals surface area contributed by atoms with Gasteiger partial charge in [0.05, 0.1) is 6.54 Å². The van der Waals surface area contributed by atoms with E-state index in [0.717, 1.165) is 4.47 Å². The molecule has 0 fully saturated rings. The van der Waals surface area contributed by atoms with Crippen LogP contribution in [-0.2, 0) is 0 Å². The molecule has 1 aliphatic heterocycles. The van der Waals surface area contributed by atoms with Crippen molar-refractivity contribution in [1.82, 2.24) is 16.0 Å². The summed E-state index contributed by atoms with van der Waals surface area (Å²) in [4.78, 5) is 23.7. The summed E-state index contributed by atoms with van der Waals surface area (Å²) in [5.41, 5.74) is 0.563. The molecular formula is C19H20BrN3O5. The number of amides is 3. The Balaban J connectivity index is 1.25. The molecule has 0 unspecified atom stereocenters. The van der Waals surface area contributed by atoms with Crippen molar-refractivity contribution in [3.05, 3.63) is 52.5 Å². The lowest BCUT2D eigenvalue weighted by Gasteiger charge is -2.10. The Morgan fingerprint density at radius 1 is 0.929 bits per heavy atom. The molecule has 0 saturated heterocycles. The Labute approximate surface area is 170 Å². The monoisotopic (exact) mass is 449 g/mol. The fraction of sp³-hybridized carbons (Fsp3) is 0.263. The van der Waals surface area contributed by atoms with Crippen LogP contribution in [0.3, 0.4) is 0 Å². The van der Waals surface area contributed by atoms with Gasteiger partial charge in [-0.2, -0.15) is 0 Å². The standard InChI is InChI=1S/C19H20BrN3O5/c20-14-3-1-13(2-4-14)18(24)21-7-8-22-19(25)23-9-10-26-15-5-6-16-17(11-15)28-12-27-16/h1-6,11H,7-10,12H2,(H,21,24)(H2,22,23,25). The molecule has 0 saturated carbocycles. The summed E-state index contributed by atoms with van der Waals surface area (Å²) in [6.45, 7) is 1.51. The number of urea groups is 1. The molecule has 148 valence electrons. The lowest BCUT2D eigenvalue weighted by Crippen LogP contribution is -2.41. The van der Waals surface area contributed by atoms with Crippen molar-refractivity contribution < 1.29 is 23.8 Å². The number of fused-ring (bicyclic) bond motifs is 1. The molecule has 0 spiro atoms. The third-order valence-corrected chi connectivity index (χ3v) is 4.33. The van der Waals surface area contributed by atoms with Crippen LogP contribution in [0, 0.1) is 0 Å². The Morgan fingerprint density at radius 3 is 2.46 bits per heavy atom. The average Bonchev–Trinajstić information content (AvgIpc) is 3.17. The van der Waals surface area contributed by atoms with Gasteiger partial charge in [-0.3, -0.25) is 4.79 Å². The van der Waals surface area contributed by atoms with E-state index < -0.39 is 0 Å². The fourth-order valence-electron chi connectivity index (χ4n) is 2.42. The van der Waals surface area contributed by atoms with Crippen molar-refractivity contribution in [2.75, 3.05) is 33.0 Å². The molecule has 0 radical (unpaired) electrons. The first-order valence-electron chi connectivity index (χ1n) is 8.70. The zero-order valence-electron chi connectivity index (χ0n) is 15.0. The number of ether oxygens (including phenoxy) is 3. The van der Waals surface area contributed by atoms with E-state index in [4.69, 9.17) is 14.2 Å². The molecule has 9 heteroatoms. The second-order valence-corrected chi connectivity index (χ2v) is 6.72. The molecule has 8 nitrogen and oxygen atoms in total. The molecule has 0 aliphatic carbocycles. The molecule has 28 heavy (non-hydrogen) atoms. The van der Waals surface area contributed by atoms with Gasteiger partial charge in [0.15, 0.2) is 11.5 Å². The van der Waals surface area contributed by atoms with Crippen LogP contribution in [0.25, 0.3) is 0 Å². The minimum absolute atomic E-state index is 0.188. The van der Waals surface area contributed by atoms with Crippen LogP contribution >= 0.6 is 15.9 Å². The average molecular weight is 450 g/mol. The minimum Gasteiger partial charge on any atom is -0.492 e. The minimum atomic E-state index is -0.327. The first kappa shape index (κ1) is 19.8. The van der Waals surface area contributed by atoms with Crippen LogP contribution < -0.4 is 30.2 Å². The van der Waals surface area contributed by atoms with Gasteiger partial charge in [0.25, 0.3) is 5.91 Å². The van der Waals surface area contributed by atoms with Gasteiger partial charge < -0.3 is 30.2 Å². The molecule has 3 rings (SSSR count). The maximum atomic E-state index is 11.9. The predicted octanol–water partition coefficient (Wildman–Crippen LogP) is 2.29. The predicted molar refractivity (Wildman–Crippen MR) is 106 cm³/mol. The van der Waals surface area contributed by atoms with Crippen molar-refractivity contribution in [3.8, 4) is 17.2 Å². The first-order chi connectivity index (χ1) is 13.6. The molecule has 1 aliphatic rings. The van der Waals surface area contributed by atoms with Crippen molar-refractivity contribution in [1.29, 1.82) is 0 Å². The maximum Gasteiger partial charge on any atom is 0.314 e. The van der Waals surface area contributed by atoms with Crippen molar-refractivity contribution >= 4 is 27.9 Å². The summed E-state index contributed by atoms with van der Waals surface area (Å²) in [5, 5.41) is 8.09. The lowest BCUT2D eigenvalue weighted by molar-refractivity contribution is 0.0954. The van der Waals surface area contributed by atoms with Crippen LogP contribution in [0.1, 0.15) is 10.4 Å². The summed E-state index contributed by atoms with van der Waals surface area (Å²) < 4.78 is 17.0. The first-order valence-corrected chi connectivity index (χ1v) is 9.49. The van der Waals surface area contributed by atoms with Gasteiger partial charge in [-0.15, -0.1) is 0 Å². The van der Waals surface area contributed by atoms with Crippen molar-refractivity contribution in [3.63, 3.8) is 0 Å². The second-order valence-electron chi connectivity index (χ2n) is 5.81. The maximum absolute atomic E-state index is 11.9. The molecule has 3 amide bonds. The number of nitrogens with one attached hydrogen (secondary N) is 3. The van der Waals surface area contributed by atoms with Gasteiger partial charge >= 0.3 is 6.03 Å². The topological polar surface area (TPSA) is 97.9 Å². The highest BCUT2D eigenvalue weighted by Crippen LogP contribution is 2.34. The second kappa shape index (κ2) is 9.84. The smallest absolute Gasteiger partial charge is 0.314 e. The van der Waals surface area contributed by atoms with Gasteiger partial charge in [-0.05, 0) is 36.4 Å². The van der Waals surface area contributed by atoms with E-state index in [9.17, 15) is 9.59 Å². The number of rotatable bonds is 8. The van der Waals surface area contributed by atoms with E-state index in [1.54, 1.807) is 42.5 Å². The van der Waals surface area contributed by atoms with Crippen molar-refractivity contribution in [2.24, 2.45) is 0 Å². The van der Waals surface area contributed by atoms with Crippen LogP contribution in [0.15, 0.2) is 46.9 Å². The number of benzene rings is 2. The summed E-state index contributed by atoms with van der Waals surface area (Å²) in [6, 6.07) is 12.0. The largest absolute Gasteiger partial charge is 0.492 e. The highest BCUT2D eigenvalue weighted by Gasteiger charge is 2.13. The Morgan fingerprint density at radius 2 is 1.64 bits per heavy atom. The van der Waals surface area contributed by atoms with E-state index in [-0.39, 0.29) is 18.7 Å². The SMILES string of the molecule is O=C(NCCNC(=O)c1ccc(Br)cc1)NCCOc1ccc2c(c1)OCO2. The highest BCUT2D eigenvalue weighted by atomic mass is 79.9. The number of carbonyl (C=O) groups excluding carboxylic acids is 2. The number of hydrogen-bond acceptors (Lipinski definition) is 5. The number of carbonyl (C=O) groups is 2. The summed E-state index contributed by atoms with van der Waals surface area (Å²) in [5.74, 6) is 1.79. The van der Waals surface area contributed by atoms with Gasteiger partial charge in [-0.1, -0.05) is 15.9 Å². The summed E-state index contributed by atoms with van der Waals surface area (Å²) >= 11 is 3.32. The van der Waals surface area contributed by atoms with Crippen LogP contribution in [-0.4, -0.2) is 45.0 Å². The van der Waals surface area contributed by atoms with Crippen LogP contribution in [0.2, 0.25) is 0 Å². The molecule has 2 aromatic carbocycles. The molecule has 0 aromatic heterocycles. The third kappa shape index (κ3) is 5.78. The van der Waals surface area contributed by atoms with Gasteiger partial charge in [0.1, 0.15) is 12.4 Å². The van der Waals surface area contributed by atoms with Crippen LogP contribution in [0.5, 0.6) is 17.2 Å². The molecule has 0 atom stereocenters. The van der Waals surface area contributed by atoms with E-state index >= 15 is 0 Å². The molecule has 3 N–H and O–H groups in total. The summed E-state index contributed by atoms with van der Waals surface area (Å²) in [6.07, 6.45) is 0. The third-order valence-electron chi connectivity index (χ3n) is 3.80. The highest BCUT2D eigenvalue weighted by molar-refractivity contribution is 9.10. The molecular weight excluding hydrogens is 430 g/mol. The zero-order valence-corrected chi connectivity index (χ0v) is 16.6. The molecule has 2 aromatic rings. The van der Waals surface area contributed by atoms with Crippen molar-refractivity contribution in [2.45, 2.75) is 0 Å². The Kier molecular flexibility index (Phi) is 6.96. The zero-order chi connectivity index (χ0) is 19.8. The van der Waals surface area contributed by atoms with Crippen LogP contribution in [0.4, 0.5) is 4.79 Å². The van der Waals surface area contributed by atoms with E-state index in [1.165, 1.54) is 0 Å². The van der Waals surface area contributed by atoms with E-state index in [2.05, 4.69) is 31.9 Å². The Hall–Kier alpha value is -2.94. The molecule has 1 heterocycles. The quantitative estimate of drug-likeness (QED) is 0.537. The summed E-state index contributed by atoms with van der Waals surface area (Å²) in [7, 11) is 0. The number of halogens is 1. The van der Waals surface area contributed by atoms with E-state index in [1.807, 2.05) is 0 Å². The normalized spacial score (nSPS) is 11.6. The van der Waals surface area contributed by atoms with Gasteiger partial charge in [0.2, 0.25) is 6.79 Å². The molecule has 0 bridgehead atoms. The number of hydrogen-bond donors (Lipinski definition) is 3. The lowest BCUT2D eigenvalue weighted by atomic mass is 10.2. The Bertz CT molecular complexity index is 829. The fourth-order valence-corrected chi connectivity index (χ4v) is 2.68. The van der Waals surface area contributed by atoms with Gasteiger partial charge in [0, 0.05) is 29.2 Å². The van der Waals surface area contributed by atoms with E-state index in [0.29, 0.717) is 49.1 Å².